The predicted octanol–water partition coefficient (Wildman–Crippen LogP) is 3.70. The molecule has 1 aromatic carbocycles. The molecule has 0 fully saturated rings. The first kappa shape index (κ1) is 15.2. The SMILES string of the molecule is CCC(c1ccc(Br)cc1)N(CC)CCC(=O)O. The lowest BCUT2D eigenvalue weighted by Crippen LogP contribution is -2.30. The second-order valence-corrected chi connectivity index (χ2v) is 5.16. The molecule has 0 aromatic heterocycles. The van der Waals surface area contributed by atoms with Crippen molar-refractivity contribution in [2.75, 3.05) is 13.1 Å². The molecule has 1 unspecified atom stereocenters. The molecule has 0 saturated heterocycles. The Morgan fingerprint density at radius 1 is 1.33 bits per heavy atom. The fourth-order valence-corrected chi connectivity index (χ4v) is 2.43. The zero-order valence-electron chi connectivity index (χ0n) is 10.9. The van der Waals surface area contributed by atoms with Crippen LogP contribution >= 0.6 is 15.9 Å². The Morgan fingerprint density at radius 2 is 1.94 bits per heavy atom. The number of halogens is 1. The first-order chi connectivity index (χ1) is 8.58. The molecule has 0 amide bonds. The number of hydrogen-bond donors (Lipinski definition) is 1. The van der Waals surface area contributed by atoms with E-state index in [4.69, 9.17) is 5.11 Å². The second kappa shape index (κ2) is 7.54. The summed E-state index contributed by atoms with van der Waals surface area (Å²) in [7, 11) is 0. The molecule has 1 N–H and O–H groups in total. The summed E-state index contributed by atoms with van der Waals surface area (Å²) in [5.74, 6) is -0.737. The Bertz CT molecular complexity index is 378. The van der Waals surface area contributed by atoms with Crippen LogP contribution in [0.25, 0.3) is 0 Å². The van der Waals surface area contributed by atoms with Crippen LogP contribution in [0.15, 0.2) is 28.7 Å². The molecule has 0 aliphatic rings. The molecule has 4 heteroatoms. The summed E-state index contributed by atoms with van der Waals surface area (Å²) in [6.07, 6.45) is 1.18. The van der Waals surface area contributed by atoms with Crippen molar-refractivity contribution in [3.63, 3.8) is 0 Å². The smallest absolute Gasteiger partial charge is 0.304 e. The van der Waals surface area contributed by atoms with Crippen molar-refractivity contribution in [2.45, 2.75) is 32.7 Å². The third-order valence-corrected chi connectivity index (χ3v) is 3.63. The third-order valence-electron chi connectivity index (χ3n) is 3.10. The maximum Gasteiger partial charge on any atom is 0.304 e. The average Bonchev–Trinajstić information content (AvgIpc) is 2.35. The molecule has 100 valence electrons. The van der Waals surface area contributed by atoms with Crippen molar-refractivity contribution in [1.82, 2.24) is 4.90 Å². The minimum Gasteiger partial charge on any atom is -0.481 e. The second-order valence-electron chi connectivity index (χ2n) is 4.25. The van der Waals surface area contributed by atoms with Gasteiger partial charge in [0.05, 0.1) is 6.42 Å². The summed E-state index contributed by atoms with van der Waals surface area (Å²) >= 11 is 3.43. The third kappa shape index (κ3) is 4.42. The van der Waals surface area contributed by atoms with Crippen LogP contribution in [0.4, 0.5) is 0 Å². The van der Waals surface area contributed by atoms with Gasteiger partial charge in [0, 0.05) is 17.1 Å². The lowest BCUT2D eigenvalue weighted by molar-refractivity contribution is -0.137. The highest BCUT2D eigenvalue weighted by atomic mass is 79.9. The van der Waals surface area contributed by atoms with Crippen LogP contribution in [0.5, 0.6) is 0 Å². The Hall–Kier alpha value is -0.870. The summed E-state index contributed by atoms with van der Waals surface area (Å²) in [5.41, 5.74) is 1.24. The van der Waals surface area contributed by atoms with Gasteiger partial charge in [-0.3, -0.25) is 9.69 Å². The summed E-state index contributed by atoms with van der Waals surface area (Å²) in [6.45, 7) is 5.67. The molecule has 1 aromatic rings. The zero-order chi connectivity index (χ0) is 13.5. The highest BCUT2D eigenvalue weighted by Gasteiger charge is 2.17. The van der Waals surface area contributed by atoms with Crippen molar-refractivity contribution in [1.29, 1.82) is 0 Å². The van der Waals surface area contributed by atoms with E-state index < -0.39 is 5.97 Å². The van der Waals surface area contributed by atoms with Crippen molar-refractivity contribution in [2.24, 2.45) is 0 Å². The topological polar surface area (TPSA) is 40.5 Å². The van der Waals surface area contributed by atoms with E-state index in [1.807, 2.05) is 12.1 Å². The summed E-state index contributed by atoms with van der Waals surface area (Å²) in [5, 5.41) is 8.79. The number of carboxylic acid groups (broad SMARTS) is 1. The normalized spacial score (nSPS) is 12.7. The van der Waals surface area contributed by atoms with Gasteiger partial charge in [-0.2, -0.15) is 0 Å². The molecule has 1 atom stereocenters. The van der Waals surface area contributed by atoms with E-state index >= 15 is 0 Å². The highest BCUT2D eigenvalue weighted by molar-refractivity contribution is 9.10. The Morgan fingerprint density at radius 3 is 2.39 bits per heavy atom. The molecule has 0 spiro atoms. The van der Waals surface area contributed by atoms with Gasteiger partial charge in [0.1, 0.15) is 0 Å². The fourth-order valence-electron chi connectivity index (χ4n) is 2.16. The maximum absolute atomic E-state index is 10.7. The molecule has 0 saturated carbocycles. The largest absolute Gasteiger partial charge is 0.481 e. The monoisotopic (exact) mass is 313 g/mol. The van der Waals surface area contributed by atoms with Gasteiger partial charge in [0.25, 0.3) is 0 Å². The highest BCUT2D eigenvalue weighted by Crippen LogP contribution is 2.25. The van der Waals surface area contributed by atoms with Crippen molar-refractivity contribution < 1.29 is 9.90 Å². The van der Waals surface area contributed by atoms with Gasteiger partial charge < -0.3 is 5.11 Å². The van der Waals surface area contributed by atoms with Crippen molar-refractivity contribution in [3.8, 4) is 0 Å². The first-order valence-corrected chi connectivity index (χ1v) is 7.09. The van der Waals surface area contributed by atoms with Gasteiger partial charge >= 0.3 is 5.97 Å². The number of benzene rings is 1. The van der Waals surface area contributed by atoms with Crippen LogP contribution < -0.4 is 0 Å². The van der Waals surface area contributed by atoms with Gasteiger partial charge in [-0.15, -0.1) is 0 Å². The van der Waals surface area contributed by atoms with Crippen molar-refractivity contribution in [3.05, 3.63) is 34.3 Å². The van der Waals surface area contributed by atoms with Crippen LogP contribution in [0.3, 0.4) is 0 Å². The number of carbonyl (C=O) groups is 1. The van der Waals surface area contributed by atoms with Crippen LogP contribution in [-0.4, -0.2) is 29.1 Å². The zero-order valence-corrected chi connectivity index (χ0v) is 12.5. The predicted molar refractivity (Wildman–Crippen MR) is 76.7 cm³/mol. The minimum atomic E-state index is -0.737. The quantitative estimate of drug-likeness (QED) is 0.834. The summed E-state index contributed by atoms with van der Waals surface area (Å²) in [4.78, 5) is 12.9. The molecule has 0 aliphatic heterocycles. The van der Waals surface area contributed by atoms with E-state index in [0.717, 1.165) is 17.4 Å². The Labute approximate surface area is 117 Å². The van der Waals surface area contributed by atoms with E-state index in [2.05, 4.69) is 46.8 Å². The van der Waals surface area contributed by atoms with Gasteiger partial charge in [-0.25, -0.2) is 0 Å². The van der Waals surface area contributed by atoms with E-state index in [9.17, 15) is 4.79 Å². The number of carboxylic acids is 1. The molecule has 1 rings (SSSR count). The fraction of sp³-hybridized carbons (Fsp3) is 0.500. The number of rotatable bonds is 7. The van der Waals surface area contributed by atoms with E-state index in [0.29, 0.717) is 12.6 Å². The summed E-state index contributed by atoms with van der Waals surface area (Å²) < 4.78 is 1.06. The molecule has 0 aliphatic carbocycles. The lowest BCUT2D eigenvalue weighted by atomic mass is 10.0. The average molecular weight is 314 g/mol. The van der Waals surface area contributed by atoms with E-state index in [-0.39, 0.29) is 6.42 Å². The van der Waals surface area contributed by atoms with Gasteiger partial charge in [-0.05, 0) is 30.7 Å². The molecule has 18 heavy (non-hydrogen) atoms. The molecule has 0 radical (unpaired) electrons. The lowest BCUT2D eigenvalue weighted by Gasteiger charge is -2.30. The molecule has 3 nitrogen and oxygen atoms in total. The van der Waals surface area contributed by atoms with Gasteiger partial charge in [-0.1, -0.05) is 41.9 Å². The first-order valence-electron chi connectivity index (χ1n) is 6.29. The van der Waals surface area contributed by atoms with Crippen LogP contribution in [-0.2, 0) is 4.79 Å². The van der Waals surface area contributed by atoms with Gasteiger partial charge in [0.2, 0.25) is 0 Å². The standard InChI is InChI=1S/C14H20BrNO2/c1-3-13(11-5-7-12(15)8-6-11)16(4-2)10-9-14(17)18/h5-8,13H,3-4,9-10H2,1-2H3,(H,17,18). The van der Waals surface area contributed by atoms with Crippen molar-refractivity contribution >= 4 is 21.9 Å². The Balaban J connectivity index is 2.78. The summed E-state index contributed by atoms with van der Waals surface area (Å²) in [6, 6.07) is 8.55. The molecular formula is C14H20BrNO2. The number of hydrogen-bond acceptors (Lipinski definition) is 2. The van der Waals surface area contributed by atoms with Crippen LogP contribution in [0, 0.1) is 0 Å². The van der Waals surface area contributed by atoms with Gasteiger partial charge in [0.15, 0.2) is 0 Å². The van der Waals surface area contributed by atoms with Crippen LogP contribution in [0.2, 0.25) is 0 Å². The van der Waals surface area contributed by atoms with Crippen LogP contribution in [0.1, 0.15) is 38.3 Å². The number of nitrogens with zero attached hydrogens (tertiary/aromatic N) is 1. The number of aliphatic carboxylic acids is 1. The molecule has 0 bridgehead atoms. The molecule has 0 heterocycles. The Kier molecular flexibility index (Phi) is 6.36. The molecular weight excluding hydrogens is 294 g/mol. The maximum atomic E-state index is 10.7. The van der Waals surface area contributed by atoms with E-state index in [1.54, 1.807) is 0 Å². The van der Waals surface area contributed by atoms with E-state index in [1.165, 1.54) is 5.56 Å². The minimum absolute atomic E-state index is 0.195.